The van der Waals surface area contributed by atoms with Gasteiger partial charge in [0.05, 0.1) is 5.92 Å². The van der Waals surface area contributed by atoms with Gasteiger partial charge < -0.3 is 0 Å². The van der Waals surface area contributed by atoms with Crippen LogP contribution in [-0.2, 0) is 4.79 Å². The highest BCUT2D eigenvalue weighted by Crippen LogP contribution is 2.47. The fourth-order valence-corrected chi connectivity index (χ4v) is 5.12. The number of hydrogen-bond acceptors (Lipinski definition) is 6. The molecule has 8 heteroatoms. The number of carbonyl (C=O) groups is 1. The van der Waals surface area contributed by atoms with Gasteiger partial charge in [0.2, 0.25) is 11.7 Å². The van der Waals surface area contributed by atoms with Crippen LogP contribution in [0.3, 0.4) is 0 Å². The summed E-state index contributed by atoms with van der Waals surface area (Å²) in [7, 11) is 0. The number of benzene rings is 1. The molecule has 0 amide bonds. The zero-order chi connectivity index (χ0) is 17.9. The minimum atomic E-state index is -1.20. The number of hydrogen-bond donors (Lipinski definition) is 0. The van der Waals surface area contributed by atoms with E-state index in [4.69, 9.17) is 0 Å². The molecule has 0 N–H and O–H groups in total. The molecule has 0 bridgehead atoms. The summed E-state index contributed by atoms with van der Waals surface area (Å²) < 4.78 is 13.9. The van der Waals surface area contributed by atoms with Crippen molar-refractivity contribution in [3.8, 4) is 0 Å². The standard InChI is InChI=1S/C16H19FN2O3S2/c1-4-23-15-18-16(10(2)3,14(20)24-15)13(9-19(21)22)11-5-7-12(17)8-6-11/h5-8,10,13H,4,9H2,1-3H3/t13-,16+/m1/s1. The van der Waals surface area contributed by atoms with E-state index in [-0.39, 0.29) is 11.0 Å². The Bertz CT molecular complexity index is 664. The van der Waals surface area contributed by atoms with Gasteiger partial charge in [-0.1, -0.05) is 44.7 Å². The van der Waals surface area contributed by atoms with E-state index in [2.05, 4.69) is 4.99 Å². The lowest BCUT2D eigenvalue weighted by atomic mass is 9.73. The fraction of sp³-hybridized carbons (Fsp3) is 0.500. The smallest absolute Gasteiger partial charge is 0.224 e. The molecule has 1 aromatic rings. The van der Waals surface area contributed by atoms with E-state index in [1.807, 2.05) is 20.8 Å². The SMILES string of the molecule is CCSC1=N[C@@](C(C)C)([C@H](C[N+](=O)[O-])c2ccc(F)cc2)C(=O)S1. The molecule has 2 rings (SSSR count). The summed E-state index contributed by atoms with van der Waals surface area (Å²) in [4.78, 5) is 28.3. The number of nitro groups is 1. The van der Waals surface area contributed by atoms with Crippen LogP contribution in [0.1, 0.15) is 32.3 Å². The number of aliphatic imine (C=N–C) groups is 1. The van der Waals surface area contributed by atoms with E-state index in [0.29, 0.717) is 9.94 Å². The molecule has 2 atom stereocenters. The lowest BCUT2D eigenvalue weighted by molar-refractivity contribution is -0.484. The largest absolute Gasteiger partial charge is 0.284 e. The molecule has 130 valence electrons. The molecule has 1 heterocycles. The van der Waals surface area contributed by atoms with Crippen LogP contribution in [0.25, 0.3) is 0 Å². The van der Waals surface area contributed by atoms with Crippen LogP contribution in [0.2, 0.25) is 0 Å². The van der Waals surface area contributed by atoms with Gasteiger partial charge in [-0.15, -0.1) is 0 Å². The van der Waals surface area contributed by atoms with Gasteiger partial charge in [-0.3, -0.25) is 19.9 Å². The summed E-state index contributed by atoms with van der Waals surface area (Å²) in [6.45, 7) is 5.22. The Balaban J connectivity index is 2.56. The second kappa shape index (κ2) is 7.65. The van der Waals surface area contributed by atoms with E-state index < -0.39 is 28.7 Å². The van der Waals surface area contributed by atoms with Crippen molar-refractivity contribution in [1.29, 1.82) is 0 Å². The van der Waals surface area contributed by atoms with Crippen LogP contribution >= 0.6 is 23.5 Å². The zero-order valence-corrected chi connectivity index (χ0v) is 15.3. The fourth-order valence-electron chi connectivity index (χ4n) is 2.90. The lowest BCUT2D eigenvalue weighted by Crippen LogP contribution is -2.46. The van der Waals surface area contributed by atoms with Gasteiger partial charge in [0, 0.05) is 4.92 Å². The van der Waals surface area contributed by atoms with E-state index in [0.717, 1.165) is 17.5 Å². The van der Waals surface area contributed by atoms with Gasteiger partial charge >= 0.3 is 0 Å². The van der Waals surface area contributed by atoms with Gasteiger partial charge in [0.1, 0.15) is 15.7 Å². The predicted octanol–water partition coefficient (Wildman–Crippen LogP) is 3.96. The molecule has 0 saturated carbocycles. The summed E-state index contributed by atoms with van der Waals surface area (Å²) in [5.41, 5.74) is -0.644. The highest BCUT2D eigenvalue weighted by Gasteiger charge is 2.54. The molecule has 0 saturated heterocycles. The zero-order valence-electron chi connectivity index (χ0n) is 13.7. The van der Waals surface area contributed by atoms with Crippen molar-refractivity contribution in [3.63, 3.8) is 0 Å². The average Bonchev–Trinajstić information content (AvgIpc) is 2.83. The molecule has 1 aliphatic rings. The van der Waals surface area contributed by atoms with E-state index in [1.165, 1.54) is 36.0 Å². The maximum absolute atomic E-state index is 13.2. The molecule has 0 radical (unpaired) electrons. The van der Waals surface area contributed by atoms with Crippen molar-refractivity contribution in [2.75, 3.05) is 12.3 Å². The van der Waals surface area contributed by atoms with E-state index >= 15 is 0 Å². The Morgan fingerprint density at radius 1 is 1.38 bits per heavy atom. The molecule has 5 nitrogen and oxygen atoms in total. The van der Waals surface area contributed by atoms with Crippen molar-refractivity contribution >= 4 is 33.0 Å². The number of nitrogens with zero attached hydrogens (tertiary/aromatic N) is 2. The molecule has 0 aliphatic carbocycles. The van der Waals surface area contributed by atoms with Crippen LogP contribution in [0.15, 0.2) is 29.3 Å². The van der Waals surface area contributed by atoms with Gasteiger partial charge in [0.25, 0.3) is 0 Å². The average molecular weight is 370 g/mol. The normalized spacial score (nSPS) is 21.9. The number of carbonyl (C=O) groups excluding carboxylic acids is 1. The molecule has 1 aliphatic heterocycles. The third kappa shape index (κ3) is 3.64. The molecule has 0 unspecified atom stereocenters. The van der Waals surface area contributed by atoms with Crippen molar-refractivity contribution in [1.82, 2.24) is 0 Å². The lowest BCUT2D eigenvalue weighted by Gasteiger charge is -2.34. The van der Waals surface area contributed by atoms with Gasteiger partial charge in [-0.25, -0.2) is 4.39 Å². The highest BCUT2D eigenvalue weighted by molar-refractivity contribution is 8.45. The van der Waals surface area contributed by atoms with Gasteiger partial charge in [-0.2, -0.15) is 0 Å². The Hall–Kier alpha value is -1.41. The predicted molar refractivity (Wildman–Crippen MR) is 96.7 cm³/mol. The van der Waals surface area contributed by atoms with Crippen LogP contribution < -0.4 is 0 Å². The Kier molecular flexibility index (Phi) is 6.03. The summed E-state index contributed by atoms with van der Waals surface area (Å²) in [6, 6.07) is 5.53. The molecule has 0 fully saturated rings. The summed E-state index contributed by atoms with van der Waals surface area (Å²) >= 11 is 2.51. The van der Waals surface area contributed by atoms with Crippen LogP contribution in [0, 0.1) is 21.8 Å². The van der Waals surface area contributed by atoms with E-state index in [9.17, 15) is 19.3 Å². The van der Waals surface area contributed by atoms with Crippen molar-refractivity contribution < 1.29 is 14.1 Å². The summed E-state index contributed by atoms with van der Waals surface area (Å²) in [6.07, 6.45) is 0. The molecule has 24 heavy (non-hydrogen) atoms. The highest BCUT2D eigenvalue weighted by atomic mass is 32.2. The van der Waals surface area contributed by atoms with E-state index in [1.54, 1.807) is 0 Å². The third-order valence-electron chi connectivity index (χ3n) is 4.07. The summed E-state index contributed by atoms with van der Waals surface area (Å²) in [5.74, 6) is -0.607. The molecular weight excluding hydrogens is 351 g/mol. The first kappa shape index (κ1) is 18.9. The van der Waals surface area contributed by atoms with Gasteiger partial charge in [0.15, 0.2) is 0 Å². The summed E-state index contributed by atoms with van der Waals surface area (Å²) in [5, 5.41) is 11.1. The number of rotatable bonds is 6. The molecule has 1 aromatic carbocycles. The first-order valence-corrected chi connectivity index (χ1v) is 9.43. The minimum Gasteiger partial charge on any atom is -0.284 e. The topological polar surface area (TPSA) is 72.6 Å². The third-order valence-corrected chi connectivity index (χ3v) is 6.08. The van der Waals surface area contributed by atoms with Gasteiger partial charge in [-0.05, 0) is 41.1 Å². The Morgan fingerprint density at radius 3 is 2.50 bits per heavy atom. The second-order valence-corrected chi connectivity index (χ2v) is 8.27. The number of thioether (sulfide) groups is 2. The number of halogens is 1. The van der Waals surface area contributed by atoms with Crippen LogP contribution in [0.4, 0.5) is 4.39 Å². The molecule has 0 spiro atoms. The minimum absolute atomic E-state index is 0.176. The van der Waals surface area contributed by atoms with Crippen LogP contribution in [-0.4, -0.2) is 32.3 Å². The van der Waals surface area contributed by atoms with Crippen molar-refractivity contribution in [2.45, 2.75) is 32.2 Å². The first-order valence-electron chi connectivity index (χ1n) is 7.63. The maximum Gasteiger partial charge on any atom is 0.224 e. The molecular formula is C16H19FN2O3S2. The van der Waals surface area contributed by atoms with Crippen LogP contribution in [0.5, 0.6) is 0 Å². The monoisotopic (exact) mass is 370 g/mol. The maximum atomic E-state index is 13.2. The Morgan fingerprint density at radius 2 is 2.00 bits per heavy atom. The van der Waals surface area contributed by atoms with Crippen molar-refractivity contribution in [3.05, 3.63) is 45.8 Å². The van der Waals surface area contributed by atoms with Crippen molar-refractivity contribution in [2.24, 2.45) is 10.9 Å². The Labute approximate surface area is 148 Å². The second-order valence-electron chi connectivity index (χ2n) is 5.80. The first-order chi connectivity index (χ1) is 11.3. The quantitative estimate of drug-likeness (QED) is 0.560. The molecule has 0 aromatic heterocycles.